The van der Waals surface area contributed by atoms with Crippen LogP contribution in [-0.2, 0) is 15.7 Å². The molecule has 0 bridgehead atoms. The lowest BCUT2D eigenvalue weighted by Gasteiger charge is -2.36. The van der Waals surface area contributed by atoms with E-state index < -0.39 is 63.2 Å². The van der Waals surface area contributed by atoms with E-state index in [0.717, 1.165) is 12.1 Å². The van der Waals surface area contributed by atoms with E-state index >= 15 is 0 Å². The Hall–Kier alpha value is -0.770. The van der Waals surface area contributed by atoms with E-state index in [4.69, 9.17) is 16.3 Å². The van der Waals surface area contributed by atoms with Crippen molar-refractivity contribution in [2.24, 2.45) is 5.92 Å². The number of halogens is 6. The first-order valence-electron chi connectivity index (χ1n) is 8.32. The van der Waals surface area contributed by atoms with Gasteiger partial charge >= 0.3 is 6.18 Å². The summed E-state index contributed by atoms with van der Waals surface area (Å²) in [4.78, 5) is 0. The van der Waals surface area contributed by atoms with Crippen LogP contribution in [0.3, 0.4) is 0 Å². The summed E-state index contributed by atoms with van der Waals surface area (Å²) in [6.45, 7) is 4.47. The molecule has 0 aromatic heterocycles. The molecular formula is C17H21ClF5NO2S. The van der Waals surface area contributed by atoms with E-state index in [-0.39, 0.29) is 18.4 Å². The van der Waals surface area contributed by atoms with Crippen molar-refractivity contribution >= 4 is 22.6 Å². The number of alkyl halides is 3. The van der Waals surface area contributed by atoms with Crippen molar-refractivity contribution in [3.63, 3.8) is 0 Å². The smallest absolute Gasteiger partial charge is 0.376 e. The van der Waals surface area contributed by atoms with Gasteiger partial charge < -0.3 is 4.74 Å². The number of benzene rings is 1. The van der Waals surface area contributed by atoms with Gasteiger partial charge in [0.1, 0.15) is 16.7 Å². The number of hydrogen-bond acceptors (Lipinski definition) is 2. The fourth-order valence-corrected chi connectivity index (χ4v) is 3.74. The summed E-state index contributed by atoms with van der Waals surface area (Å²) in [5.41, 5.74) is -0.102. The minimum atomic E-state index is -4.38. The molecule has 0 saturated carbocycles. The van der Waals surface area contributed by atoms with Crippen LogP contribution in [-0.4, -0.2) is 27.8 Å². The van der Waals surface area contributed by atoms with Crippen molar-refractivity contribution in [2.75, 3.05) is 6.61 Å². The van der Waals surface area contributed by atoms with Gasteiger partial charge in [-0.25, -0.2) is 17.7 Å². The lowest BCUT2D eigenvalue weighted by atomic mass is 9.91. The lowest BCUT2D eigenvalue weighted by Crippen LogP contribution is -2.45. The summed E-state index contributed by atoms with van der Waals surface area (Å²) in [7, 11) is -1.67. The molecule has 3 nitrogen and oxygen atoms in total. The van der Waals surface area contributed by atoms with Crippen LogP contribution < -0.4 is 4.72 Å². The molecule has 154 valence electrons. The van der Waals surface area contributed by atoms with Crippen LogP contribution in [0.2, 0.25) is 5.02 Å². The van der Waals surface area contributed by atoms with E-state index in [9.17, 15) is 26.2 Å². The van der Waals surface area contributed by atoms with Gasteiger partial charge in [0.2, 0.25) is 0 Å². The topological polar surface area (TPSA) is 38.3 Å². The molecule has 1 saturated heterocycles. The van der Waals surface area contributed by atoms with Crippen molar-refractivity contribution in [1.29, 1.82) is 0 Å². The zero-order chi connectivity index (χ0) is 20.6. The molecule has 10 heteroatoms. The normalized spacial score (nSPS) is 23.9. The molecule has 0 aliphatic carbocycles. The highest BCUT2D eigenvalue weighted by atomic mass is 35.5. The summed E-state index contributed by atoms with van der Waals surface area (Å²) in [6.07, 6.45) is -5.49. The minimum Gasteiger partial charge on any atom is -0.376 e. The van der Waals surface area contributed by atoms with E-state index in [1.807, 2.05) is 0 Å². The maximum absolute atomic E-state index is 14.5. The second kappa shape index (κ2) is 8.31. The summed E-state index contributed by atoms with van der Waals surface area (Å²) in [6, 6.07) is 1.04. The van der Waals surface area contributed by atoms with Crippen molar-refractivity contribution < 1.29 is 30.9 Å². The fraction of sp³-hybridized carbons (Fsp3) is 0.647. The van der Waals surface area contributed by atoms with Gasteiger partial charge in [0, 0.05) is 5.56 Å². The molecule has 0 radical (unpaired) electrons. The molecule has 1 aromatic carbocycles. The van der Waals surface area contributed by atoms with Crippen molar-refractivity contribution in [2.45, 2.75) is 56.7 Å². The monoisotopic (exact) mass is 433 g/mol. The summed E-state index contributed by atoms with van der Waals surface area (Å²) in [5, 5.41) is -0.732. The third-order valence-corrected chi connectivity index (χ3v) is 6.26. The van der Waals surface area contributed by atoms with Crippen molar-refractivity contribution in [1.82, 2.24) is 4.72 Å². The lowest BCUT2D eigenvalue weighted by molar-refractivity contribution is -0.209. The fourth-order valence-electron chi connectivity index (χ4n) is 2.71. The second-order valence-electron chi connectivity index (χ2n) is 7.43. The molecule has 2 unspecified atom stereocenters. The van der Waals surface area contributed by atoms with Gasteiger partial charge in [-0.1, -0.05) is 17.7 Å². The summed E-state index contributed by atoms with van der Waals surface area (Å²) in [5.74, 6) is -3.62. The van der Waals surface area contributed by atoms with Gasteiger partial charge in [-0.2, -0.15) is 13.2 Å². The predicted molar refractivity (Wildman–Crippen MR) is 93.7 cm³/mol. The third kappa shape index (κ3) is 5.40. The third-order valence-electron chi connectivity index (χ3n) is 4.34. The maximum Gasteiger partial charge on any atom is 0.394 e. The molecular weight excluding hydrogens is 413 g/mol. The first-order valence-corrected chi connectivity index (χ1v) is 9.85. The van der Waals surface area contributed by atoms with Crippen LogP contribution in [0.4, 0.5) is 22.0 Å². The van der Waals surface area contributed by atoms with Crippen LogP contribution >= 0.6 is 11.6 Å². The van der Waals surface area contributed by atoms with E-state index in [1.165, 1.54) is 0 Å². The molecule has 1 fully saturated rings. The van der Waals surface area contributed by atoms with Crippen LogP contribution in [0.15, 0.2) is 12.1 Å². The Bertz CT molecular complexity index is 700. The molecule has 2 rings (SSSR count). The Kier molecular flexibility index (Phi) is 6.93. The number of ether oxygens (including phenoxy) is 1. The minimum absolute atomic E-state index is 0.0301. The highest BCUT2D eigenvalue weighted by Gasteiger charge is 2.44. The predicted octanol–water partition coefficient (Wildman–Crippen LogP) is 5.07. The van der Waals surface area contributed by atoms with Gasteiger partial charge in [0.25, 0.3) is 0 Å². The Morgan fingerprint density at radius 1 is 1.22 bits per heavy atom. The zero-order valence-electron chi connectivity index (χ0n) is 15.0. The summed E-state index contributed by atoms with van der Waals surface area (Å²) >= 11 is 5.63. The Labute approximate surface area is 162 Å². The highest BCUT2D eigenvalue weighted by Crippen LogP contribution is 2.38. The Morgan fingerprint density at radius 2 is 1.85 bits per heavy atom. The van der Waals surface area contributed by atoms with Gasteiger partial charge in [-0.05, 0) is 39.7 Å². The molecule has 1 aliphatic heterocycles. The first kappa shape index (κ1) is 22.5. The molecule has 1 heterocycles. The zero-order valence-corrected chi connectivity index (χ0v) is 16.6. The van der Waals surface area contributed by atoms with Gasteiger partial charge in [0.15, 0.2) is 0 Å². The quantitative estimate of drug-likeness (QED) is 0.532. The average molecular weight is 434 g/mol. The van der Waals surface area contributed by atoms with Crippen molar-refractivity contribution in [3.05, 3.63) is 34.4 Å². The molecule has 27 heavy (non-hydrogen) atoms. The van der Waals surface area contributed by atoms with E-state index in [0.29, 0.717) is 0 Å². The molecule has 1 aromatic rings. The SMILES string of the molecule is CC(C)(C)S(=O)NC(c1ccc(F)c(Cl)c1F)[C@H]1CC[C@H](C(F)(F)F)CO1. The molecule has 1 N–H and O–H groups in total. The molecule has 1 aliphatic rings. The summed E-state index contributed by atoms with van der Waals surface area (Å²) < 4.78 is 86.5. The Morgan fingerprint density at radius 3 is 2.33 bits per heavy atom. The average Bonchev–Trinajstić information content (AvgIpc) is 2.56. The number of rotatable bonds is 4. The molecule has 0 spiro atoms. The van der Waals surface area contributed by atoms with Crippen LogP contribution in [0.25, 0.3) is 0 Å². The van der Waals surface area contributed by atoms with Crippen molar-refractivity contribution in [3.8, 4) is 0 Å². The standard InChI is InChI=1S/C17H21ClF5NO2S/c1-16(2,3)27(25)24-15(10-5-6-11(19)13(18)14(10)20)12-7-4-9(8-26-12)17(21,22)23/h5-6,9,12,15,24H,4,7-8H2,1-3H3/t9-,12+,15?,27?/m0/s1. The van der Waals surface area contributed by atoms with Crippen LogP contribution in [0.1, 0.15) is 45.2 Å². The van der Waals surface area contributed by atoms with Gasteiger partial charge in [-0.3, -0.25) is 0 Å². The molecule has 4 atom stereocenters. The highest BCUT2D eigenvalue weighted by molar-refractivity contribution is 7.84. The van der Waals surface area contributed by atoms with E-state index in [1.54, 1.807) is 20.8 Å². The molecule has 0 amide bonds. The maximum atomic E-state index is 14.5. The van der Waals surface area contributed by atoms with Crippen LogP contribution in [0.5, 0.6) is 0 Å². The van der Waals surface area contributed by atoms with Gasteiger partial charge in [0.05, 0.1) is 40.4 Å². The van der Waals surface area contributed by atoms with Gasteiger partial charge in [-0.15, -0.1) is 0 Å². The first-order chi connectivity index (χ1) is 12.3. The number of hydrogen-bond donors (Lipinski definition) is 1. The number of nitrogens with one attached hydrogen (secondary N) is 1. The Balaban J connectivity index is 2.32. The largest absolute Gasteiger partial charge is 0.394 e. The van der Waals surface area contributed by atoms with Crippen LogP contribution in [0, 0.1) is 17.6 Å². The second-order valence-corrected chi connectivity index (χ2v) is 9.80. The van der Waals surface area contributed by atoms with E-state index in [2.05, 4.69) is 4.72 Å².